The second kappa shape index (κ2) is 3.76. The lowest BCUT2D eigenvalue weighted by atomic mass is 10.3. The van der Waals surface area contributed by atoms with Gasteiger partial charge < -0.3 is 11.5 Å². The molecule has 7 heteroatoms. The molecule has 92 valence electrons. The fraction of sp³-hybridized carbons (Fsp3) is 0.500. The number of hydrogen-bond acceptors (Lipinski definition) is 4. The number of imidazole rings is 1. The molecule has 0 saturated heterocycles. The minimum Gasteiger partial charge on any atom is -0.369 e. The zero-order valence-corrected chi connectivity index (χ0v) is 10.1. The molecule has 1 atom stereocenters. The Morgan fingerprint density at radius 3 is 2.71 bits per heavy atom. The monoisotopic (exact) mass is 236 g/mol. The van der Waals surface area contributed by atoms with E-state index in [0.717, 1.165) is 23.3 Å². The number of fused-ring (bicyclic) bond motifs is 1. The summed E-state index contributed by atoms with van der Waals surface area (Å²) in [7, 11) is 1.80. The van der Waals surface area contributed by atoms with Gasteiger partial charge >= 0.3 is 0 Å². The van der Waals surface area contributed by atoms with Gasteiger partial charge in [0.15, 0.2) is 5.65 Å². The molecular weight excluding hydrogens is 220 g/mol. The maximum absolute atomic E-state index is 11.3. The number of primary amides is 1. The van der Waals surface area contributed by atoms with Gasteiger partial charge in [0.2, 0.25) is 11.9 Å². The maximum atomic E-state index is 11.3. The predicted octanol–water partition coefficient (Wildman–Crippen LogP) is -0.0393. The topological polar surface area (TPSA) is 105 Å². The number of nitrogens with two attached hydrogens (primary N) is 2. The second-order valence-corrected chi connectivity index (χ2v) is 4.01. The van der Waals surface area contributed by atoms with Crippen LogP contribution < -0.4 is 11.5 Å². The summed E-state index contributed by atoms with van der Waals surface area (Å²) >= 11 is 0. The Labute approximate surface area is 98.4 Å². The van der Waals surface area contributed by atoms with Crippen LogP contribution in [0.25, 0.3) is 11.2 Å². The number of rotatable bonds is 3. The van der Waals surface area contributed by atoms with E-state index in [1.807, 2.05) is 6.92 Å². The van der Waals surface area contributed by atoms with E-state index in [0.29, 0.717) is 0 Å². The van der Waals surface area contributed by atoms with Crippen molar-refractivity contribution < 1.29 is 4.79 Å². The molecule has 4 N–H and O–H groups in total. The Bertz CT molecular complexity index is 581. The predicted molar refractivity (Wildman–Crippen MR) is 64.2 cm³/mol. The highest BCUT2D eigenvalue weighted by molar-refractivity contribution is 5.84. The van der Waals surface area contributed by atoms with Gasteiger partial charge in [-0.1, -0.05) is 6.92 Å². The molecule has 0 aliphatic carbocycles. The van der Waals surface area contributed by atoms with Gasteiger partial charge in [-0.25, -0.2) is 4.98 Å². The first-order valence-electron chi connectivity index (χ1n) is 5.46. The third-order valence-electron chi connectivity index (χ3n) is 2.90. The van der Waals surface area contributed by atoms with E-state index in [2.05, 4.69) is 10.1 Å². The van der Waals surface area contributed by atoms with Crippen LogP contribution in [0.3, 0.4) is 0 Å². The molecule has 7 nitrogen and oxygen atoms in total. The van der Waals surface area contributed by atoms with Crippen LogP contribution in [0.15, 0.2) is 0 Å². The molecule has 0 aliphatic rings. The highest BCUT2D eigenvalue weighted by Gasteiger charge is 2.22. The first-order chi connectivity index (χ1) is 7.97. The number of anilines is 1. The summed E-state index contributed by atoms with van der Waals surface area (Å²) in [5.74, 6) is -0.163. The Morgan fingerprint density at radius 2 is 2.18 bits per heavy atom. The summed E-state index contributed by atoms with van der Waals surface area (Å²) in [5.41, 5.74) is 13.5. The number of aryl methyl sites for hydroxylation is 2. The highest BCUT2D eigenvalue weighted by atomic mass is 16.1. The van der Waals surface area contributed by atoms with Crippen molar-refractivity contribution in [2.24, 2.45) is 12.8 Å². The molecule has 1 amide bonds. The lowest BCUT2D eigenvalue weighted by Crippen LogP contribution is -2.25. The molecule has 0 fully saturated rings. The first-order valence-corrected chi connectivity index (χ1v) is 5.46. The molecule has 1 unspecified atom stereocenters. The van der Waals surface area contributed by atoms with Gasteiger partial charge in [0.1, 0.15) is 11.6 Å². The van der Waals surface area contributed by atoms with Crippen molar-refractivity contribution >= 4 is 23.0 Å². The van der Waals surface area contributed by atoms with E-state index in [9.17, 15) is 4.79 Å². The summed E-state index contributed by atoms with van der Waals surface area (Å²) < 4.78 is 3.29. The summed E-state index contributed by atoms with van der Waals surface area (Å²) in [4.78, 5) is 15.5. The number of hydrogen-bond donors (Lipinski definition) is 2. The summed E-state index contributed by atoms with van der Waals surface area (Å²) in [6.45, 7) is 3.69. The van der Waals surface area contributed by atoms with Gasteiger partial charge in [0.05, 0.1) is 5.69 Å². The van der Waals surface area contributed by atoms with Crippen molar-refractivity contribution in [3.63, 3.8) is 0 Å². The van der Waals surface area contributed by atoms with Gasteiger partial charge in [-0.05, 0) is 13.3 Å². The van der Waals surface area contributed by atoms with Gasteiger partial charge in [-0.2, -0.15) is 5.10 Å². The number of amides is 1. The van der Waals surface area contributed by atoms with Crippen LogP contribution in [0.4, 0.5) is 5.95 Å². The van der Waals surface area contributed by atoms with Crippen LogP contribution in [0.1, 0.15) is 25.6 Å². The molecule has 0 radical (unpaired) electrons. The minimum absolute atomic E-state index is 0.286. The van der Waals surface area contributed by atoms with Crippen molar-refractivity contribution in [1.82, 2.24) is 19.3 Å². The molecule has 2 rings (SSSR count). The summed E-state index contributed by atoms with van der Waals surface area (Å²) in [5, 5.41) is 4.34. The van der Waals surface area contributed by atoms with E-state index < -0.39 is 11.9 Å². The van der Waals surface area contributed by atoms with Gasteiger partial charge in [-0.3, -0.25) is 14.0 Å². The Hall–Kier alpha value is -2.05. The molecule has 2 aromatic rings. The van der Waals surface area contributed by atoms with Crippen molar-refractivity contribution in [3.05, 3.63) is 5.69 Å². The van der Waals surface area contributed by atoms with Gasteiger partial charge in [-0.15, -0.1) is 0 Å². The zero-order valence-electron chi connectivity index (χ0n) is 10.1. The van der Waals surface area contributed by atoms with Crippen molar-refractivity contribution in [2.75, 3.05) is 5.73 Å². The average molecular weight is 236 g/mol. The third kappa shape index (κ3) is 1.54. The van der Waals surface area contributed by atoms with E-state index in [-0.39, 0.29) is 5.95 Å². The SMILES string of the molecule is CCc1nn(C)c2c1nc(N)n2C(C)C(N)=O. The lowest BCUT2D eigenvalue weighted by molar-refractivity contribution is -0.120. The number of aromatic nitrogens is 4. The van der Waals surface area contributed by atoms with Crippen molar-refractivity contribution in [1.29, 1.82) is 0 Å². The van der Waals surface area contributed by atoms with Gasteiger partial charge in [0.25, 0.3) is 0 Å². The van der Waals surface area contributed by atoms with Crippen LogP contribution in [-0.4, -0.2) is 25.2 Å². The smallest absolute Gasteiger partial charge is 0.240 e. The van der Waals surface area contributed by atoms with Crippen LogP contribution in [0.5, 0.6) is 0 Å². The largest absolute Gasteiger partial charge is 0.369 e. The van der Waals surface area contributed by atoms with E-state index in [1.54, 1.807) is 23.2 Å². The summed E-state index contributed by atoms with van der Waals surface area (Å²) in [6.07, 6.45) is 0.763. The molecule has 0 bridgehead atoms. The third-order valence-corrected chi connectivity index (χ3v) is 2.90. The normalized spacial score (nSPS) is 13.1. The lowest BCUT2D eigenvalue weighted by Gasteiger charge is -2.11. The standard InChI is InChI=1S/C10H16N6O/c1-4-6-7-9(15(3)14-6)16(10(12)13-7)5(2)8(11)17/h5H,4H2,1-3H3,(H2,11,17)(H2,12,13). The Balaban J connectivity index is 2.75. The molecule has 2 aromatic heterocycles. The molecule has 17 heavy (non-hydrogen) atoms. The van der Waals surface area contributed by atoms with Crippen molar-refractivity contribution in [3.8, 4) is 0 Å². The zero-order chi connectivity index (χ0) is 12.7. The number of carbonyl (C=O) groups excluding carboxylic acids is 1. The molecule has 0 aliphatic heterocycles. The van der Waals surface area contributed by atoms with E-state index in [1.165, 1.54) is 0 Å². The maximum Gasteiger partial charge on any atom is 0.240 e. The van der Waals surface area contributed by atoms with E-state index >= 15 is 0 Å². The summed E-state index contributed by atoms with van der Waals surface area (Å²) in [6, 6.07) is -0.542. The highest BCUT2D eigenvalue weighted by Crippen LogP contribution is 2.24. The van der Waals surface area contributed by atoms with Crippen LogP contribution in [0, 0.1) is 0 Å². The van der Waals surface area contributed by atoms with Crippen LogP contribution in [0.2, 0.25) is 0 Å². The first kappa shape index (κ1) is 11.4. The van der Waals surface area contributed by atoms with Crippen LogP contribution >= 0.6 is 0 Å². The quantitative estimate of drug-likeness (QED) is 0.780. The Kier molecular flexibility index (Phi) is 2.53. The number of nitrogens with zero attached hydrogens (tertiary/aromatic N) is 4. The Morgan fingerprint density at radius 1 is 1.53 bits per heavy atom. The van der Waals surface area contributed by atoms with Gasteiger partial charge in [0, 0.05) is 7.05 Å². The molecule has 2 heterocycles. The number of nitrogen functional groups attached to an aromatic ring is 1. The molecule has 0 aromatic carbocycles. The average Bonchev–Trinajstić information content (AvgIpc) is 2.75. The number of carbonyl (C=O) groups is 1. The fourth-order valence-electron chi connectivity index (χ4n) is 1.97. The molecule has 0 spiro atoms. The van der Waals surface area contributed by atoms with E-state index in [4.69, 9.17) is 11.5 Å². The van der Waals surface area contributed by atoms with Crippen LogP contribution in [-0.2, 0) is 18.3 Å². The molecule has 0 saturated carbocycles. The minimum atomic E-state index is -0.542. The van der Waals surface area contributed by atoms with Crippen molar-refractivity contribution in [2.45, 2.75) is 26.3 Å². The second-order valence-electron chi connectivity index (χ2n) is 4.01. The fourth-order valence-corrected chi connectivity index (χ4v) is 1.97. The molecular formula is C10H16N6O.